The fourth-order valence-corrected chi connectivity index (χ4v) is 4.51. The van der Waals surface area contributed by atoms with Crippen LogP contribution in [-0.4, -0.2) is 13.2 Å². The van der Waals surface area contributed by atoms with Crippen molar-refractivity contribution in [2.75, 3.05) is 0 Å². The molecular weight excluding hydrogens is 360 g/mol. The highest BCUT2D eigenvalue weighted by atomic mass is 28.3. The molecule has 28 heavy (non-hydrogen) atoms. The monoisotopic (exact) mass is 383 g/mol. The summed E-state index contributed by atoms with van der Waals surface area (Å²) in [6.45, 7) is 7.07. The molecule has 138 valence electrons. The lowest BCUT2D eigenvalue weighted by Crippen LogP contribution is -2.17. The second-order valence-electron chi connectivity index (χ2n) is 8.43. The van der Waals surface area contributed by atoms with Crippen LogP contribution in [-0.2, 0) is 6.61 Å². The van der Waals surface area contributed by atoms with Crippen LogP contribution in [0.3, 0.4) is 0 Å². The van der Waals surface area contributed by atoms with Gasteiger partial charge < -0.3 is 9.84 Å². The summed E-state index contributed by atoms with van der Waals surface area (Å²) in [5.74, 6) is 4.01. The lowest BCUT2D eigenvalue weighted by Gasteiger charge is -2.24. The molecule has 5 rings (SSSR count). The third-order valence-corrected chi connectivity index (χ3v) is 6.15. The van der Waals surface area contributed by atoms with E-state index >= 15 is 0 Å². The van der Waals surface area contributed by atoms with E-state index in [4.69, 9.17) is 6.11 Å². The molecule has 3 aromatic carbocycles. The first kappa shape index (κ1) is 16.2. The molecule has 2 nitrogen and oxygen atoms in total. The molecule has 3 aromatic rings. The van der Waals surface area contributed by atoms with Crippen molar-refractivity contribution >= 4 is 8.07 Å². The van der Waals surface area contributed by atoms with E-state index in [0.717, 1.165) is 44.5 Å². The van der Waals surface area contributed by atoms with Crippen LogP contribution >= 0.6 is 0 Å². The molecule has 0 aromatic heterocycles. The van der Waals surface area contributed by atoms with E-state index in [2.05, 4.69) is 43.2 Å². The molecular formula is C25H22O2Si. The Hall–Kier alpha value is -2.80. The molecule has 0 saturated heterocycles. The molecule has 2 aliphatic rings. The van der Waals surface area contributed by atoms with Crippen molar-refractivity contribution in [3.63, 3.8) is 0 Å². The number of ether oxygens (including phenoxy) is 1. The number of hydrogen-bond donors (Lipinski definition) is 1. The van der Waals surface area contributed by atoms with Gasteiger partial charge in [0.2, 0.25) is 0 Å². The van der Waals surface area contributed by atoms with E-state index < -0.39 is 14.2 Å². The van der Waals surface area contributed by atoms with Gasteiger partial charge in [0.05, 0.1) is 1.37 Å². The fourth-order valence-electron chi connectivity index (χ4n) is 4.01. The first-order valence-electron chi connectivity index (χ1n) is 10.1. The molecule has 0 spiro atoms. The van der Waals surface area contributed by atoms with Crippen LogP contribution in [0.2, 0.25) is 19.6 Å². The molecule has 0 saturated carbocycles. The molecule has 0 radical (unpaired) electrons. The summed E-state index contributed by atoms with van der Waals surface area (Å²) >= 11 is 0. The summed E-state index contributed by atoms with van der Waals surface area (Å²) in [6, 6.07) is 16.2. The zero-order valence-electron chi connectivity index (χ0n) is 17.3. The van der Waals surface area contributed by atoms with Crippen LogP contribution in [0.25, 0.3) is 22.3 Å². The third-order valence-electron chi connectivity index (χ3n) is 5.27. The van der Waals surface area contributed by atoms with Crippen LogP contribution < -0.4 is 4.74 Å². The Morgan fingerprint density at radius 2 is 1.75 bits per heavy atom. The van der Waals surface area contributed by atoms with E-state index in [9.17, 15) is 5.11 Å². The van der Waals surface area contributed by atoms with Gasteiger partial charge in [0.15, 0.2) is 0 Å². The lowest BCUT2D eigenvalue weighted by molar-refractivity contribution is 0.224. The molecule has 1 unspecified atom stereocenters. The molecule has 0 bridgehead atoms. The molecule has 0 amide bonds. The van der Waals surface area contributed by atoms with Gasteiger partial charge in [-0.25, -0.2) is 0 Å². The number of fused-ring (bicyclic) bond motifs is 6. The molecule has 0 fully saturated rings. The maximum atomic E-state index is 11.2. The van der Waals surface area contributed by atoms with Gasteiger partial charge in [-0.3, -0.25) is 0 Å². The Morgan fingerprint density at radius 3 is 2.54 bits per heavy atom. The number of aliphatic hydroxyl groups excluding tert-OH is 1. The maximum absolute atomic E-state index is 11.2. The van der Waals surface area contributed by atoms with E-state index in [1.807, 2.05) is 36.4 Å². The van der Waals surface area contributed by atoms with Crippen LogP contribution in [0.15, 0.2) is 54.6 Å². The highest BCUT2D eigenvalue weighted by Gasteiger charge is 2.34. The zero-order valence-corrected chi connectivity index (χ0v) is 17.3. The summed E-state index contributed by atoms with van der Waals surface area (Å²) in [6.07, 6.45) is -0.782. The van der Waals surface area contributed by atoms with E-state index in [-0.39, 0.29) is 0 Å². The van der Waals surface area contributed by atoms with Gasteiger partial charge >= 0.3 is 0 Å². The SMILES string of the molecule is [2H]c1c2c(c(C#C[Si](C)(C)C)c3c1-c1ccccc1C3O)-c1ccccc1CO2. The van der Waals surface area contributed by atoms with Crippen molar-refractivity contribution in [1.29, 1.82) is 0 Å². The third kappa shape index (κ3) is 2.61. The van der Waals surface area contributed by atoms with Gasteiger partial charge in [0.1, 0.15) is 26.5 Å². The topological polar surface area (TPSA) is 29.5 Å². The van der Waals surface area contributed by atoms with E-state index in [1.165, 1.54) is 0 Å². The first-order chi connectivity index (χ1) is 13.9. The first-order valence-corrected chi connectivity index (χ1v) is 13.1. The predicted octanol–water partition coefficient (Wildman–Crippen LogP) is 5.54. The van der Waals surface area contributed by atoms with Gasteiger partial charge in [-0.2, -0.15) is 0 Å². The van der Waals surface area contributed by atoms with Crippen LogP contribution in [0.4, 0.5) is 0 Å². The van der Waals surface area contributed by atoms with Gasteiger partial charge in [0, 0.05) is 16.7 Å². The summed E-state index contributed by atoms with van der Waals surface area (Å²) in [7, 11) is -1.66. The van der Waals surface area contributed by atoms with Crippen molar-refractivity contribution in [3.05, 3.63) is 76.8 Å². The van der Waals surface area contributed by atoms with Crippen LogP contribution in [0.5, 0.6) is 5.75 Å². The average molecular weight is 384 g/mol. The lowest BCUT2D eigenvalue weighted by atomic mass is 9.87. The summed E-state index contributed by atoms with van der Waals surface area (Å²) in [5.41, 5.74) is 10.5. The molecule has 3 heteroatoms. The Bertz CT molecular complexity index is 1230. The predicted molar refractivity (Wildman–Crippen MR) is 116 cm³/mol. The molecule has 1 atom stereocenters. The van der Waals surface area contributed by atoms with E-state index in [1.54, 1.807) is 0 Å². The number of rotatable bonds is 0. The van der Waals surface area contributed by atoms with Crippen molar-refractivity contribution in [2.24, 2.45) is 0 Å². The summed E-state index contributed by atoms with van der Waals surface area (Å²) < 4.78 is 15.0. The van der Waals surface area contributed by atoms with Crippen molar-refractivity contribution < 1.29 is 11.2 Å². The molecule has 1 aliphatic heterocycles. The van der Waals surface area contributed by atoms with Crippen molar-refractivity contribution in [3.8, 4) is 39.5 Å². The van der Waals surface area contributed by atoms with Gasteiger partial charge in [-0.15, -0.1) is 5.54 Å². The smallest absolute Gasteiger partial charge is 0.129 e. The summed E-state index contributed by atoms with van der Waals surface area (Å²) in [4.78, 5) is 0. The largest absolute Gasteiger partial charge is 0.488 e. The minimum atomic E-state index is -1.66. The quantitative estimate of drug-likeness (QED) is 0.408. The minimum Gasteiger partial charge on any atom is -0.488 e. The summed E-state index contributed by atoms with van der Waals surface area (Å²) in [5, 5.41) is 11.2. The van der Waals surface area contributed by atoms with Gasteiger partial charge in [0.25, 0.3) is 0 Å². The Morgan fingerprint density at radius 1 is 1.04 bits per heavy atom. The standard InChI is InChI=1S/C25H22O2Si/c1-28(2,3)13-12-20-23-17-9-5-4-8-16(17)15-27-22(23)14-21-18-10-6-7-11-19(18)25(26)24(20)21/h4-11,14,25-26H,15H2,1-3H3/i14D. The van der Waals surface area contributed by atoms with E-state index in [0.29, 0.717) is 18.4 Å². The molecule has 1 heterocycles. The minimum absolute atomic E-state index is 0.340. The van der Waals surface area contributed by atoms with Crippen LogP contribution in [0, 0.1) is 11.5 Å². The van der Waals surface area contributed by atoms with Crippen molar-refractivity contribution in [2.45, 2.75) is 32.4 Å². The van der Waals surface area contributed by atoms with Crippen LogP contribution in [0.1, 0.15) is 29.7 Å². The Balaban J connectivity index is 1.92. The zero-order chi connectivity index (χ0) is 20.3. The highest BCUT2D eigenvalue weighted by molar-refractivity contribution is 6.83. The number of benzene rings is 3. The Kier molecular flexibility index (Phi) is 3.53. The van der Waals surface area contributed by atoms with Crippen molar-refractivity contribution in [1.82, 2.24) is 0 Å². The van der Waals surface area contributed by atoms with Gasteiger partial charge in [-0.1, -0.05) is 74.1 Å². The number of aliphatic hydroxyl groups is 1. The molecule has 1 aliphatic carbocycles. The second-order valence-corrected chi connectivity index (χ2v) is 13.2. The molecule has 1 N–H and O–H groups in total. The second kappa shape index (κ2) is 6.10. The maximum Gasteiger partial charge on any atom is 0.129 e. The fraction of sp³-hybridized carbons (Fsp3) is 0.200. The Labute approximate surface area is 168 Å². The highest BCUT2D eigenvalue weighted by Crippen LogP contribution is 2.51. The normalized spacial score (nSPS) is 16.6. The number of hydrogen-bond acceptors (Lipinski definition) is 2. The average Bonchev–Trinajstić information content (AvgIpc) is 3.00. The van der Waals surface area contributed by atoms with Gasteiger partial charge in [-0.05, 0) is 33.9 Å².